The van der Waals surface area contributed by atoms with Crippen molar-refractivity contribution in [2.24, 2.45) is 7.05 Å². The average molecular weight is 446 g/mol. The lowest BCUT2D eigenvalue weighted by Gasteiger charge is -2.38. The van der Waals surface area contributed by atoms with Crippen molar-refractivity contribution in [3.05, 3.63) is 36.7 Å². The Morgan fingerprint density at radius 3 is 2.55 bits per heavy atom. The van der Waals surface area contributed by atoms with E-state index in [-0.39, 0.29) is 5.75 Å². The van der Waals surface area contributed by atoms with E-state index < -0.39 is 0 Å². The van der Waals surface area contributed by atoms with E-state index in [1.165, 1.54) is 25.7 Å². The van der Waals surface area contributed by atoms with Crippen LogP contribution in [0.4, 0.5) is 11.5 Å². The van der Waals surface area contributed by atoms with Crippen LogP contribution < -0.4 is 15.1 Å². The number of nitrogens with zero attached hydrogens (tertiary/aromatic N) is 6. The third-order valence-corrected chi connectivity index (χ3v) is 7.53. The lowest BCUT2D eigenvalue weighted by atomic mass is 9.98. The first-order chi connectivity index (χ1) is 16.0. The number of nitrogens with one attached hydrogen (secondary N) is 1. The quantitative estimate of drug-likeness (QED) is 0.641. The molecule has 6 rings (SSSR count). The highest BCUT2D eigenvalue weighted by molar-refractivity contribution is 5.78. The molecule has 1 aromatic carbocycles. The summed E-state index contributed by atoms with van der Waals surface area (Å²) in [5, 5.41) is 28.2. The normalized spacial score (nSPS) is 24.6. The second kappa shape index (κ2) is 8.02. The summed E-state index contributed by atoms with van der Waals surface area (Å²) < 4.78 is 1.76. The van der Waals surface area contributed by atoms with Gasteiger partial charge < -0.3 is 20.2 Å². The van der Waals surface area contributed by atoms with Crippen molar-refractivity contribution < 1.29 is 5.11 Å². The number of aromatic hydroxyl groups is 1. The van der Waals surface area contributed by atoms with Crippen molar-refractivity contribution in [1.29, 1.82) is 0 Å². The summed E-state index contributed by atoms with van der Waals surface area (Å²) in [7, 11) is 4.02. The molecule has 3 aliphatic heterocycles. The van der Waals surface area contributed by atoms with Crippen LogP contribution in [-0.4, -0.2) is 63.3 Å². The molecule has 2 aromatic heterocycles. The minimum Gasteiger partial charge on any atom is -0.507 e. The maximum atomic E-state index is 10.8. The Morgan fingerprint density at radius 1 is 1.00 bits per heavy atom. The van der Waals surface area contributed by atoms with Crippen LogP contribution in [0.2, 0.25) is 0 Å². The first-order valence-corrected chi connectivity index (χ1v) is 12.0. The Kier molecular flexibility index (Phi) is 4.98. The second-order valence-corrected chi connectivity index (χ2v) is 9.80. The fraction of sp³-hybridized carbons (Fsp3) is 0.480. The molecule has 3 aliphatic rings. The molecule has 8 nitrogen and oxygen atoms in total. The molecule has 0 amide bonds. The van der Waals surface area contributed by atoms with Crippen molar-refractivity contribution in [2.45, 2.75) is 50.2 Å². The summed E-state index contributed by atoms with van der Waals surface area (Å²) in [6, 6.07) is 9.59. The number of phenols is 1. The number of hydrogen-bond donors (Lipinski definition) is 2. The molecule has 8 heteroatoms. The fourth-order valence-corrected chi connectivity index (χ4v) is 5.83. The van der Waals surface area contributed by atoms with Crippen LogP contribution in [0, 0.1) is 0 Å². The molecular formula is C25H31N7O. The van der Waals surface area contributed by atoms with Gasteiger partial charge in [-0.2, -0.15) is 5.10 Å². The number of aromatic nitrogens is 4. The second-order valence-electron chi connectivity index (χ2n) is 9.80. The van der Waals surface area contributed by atoms with E-state index in [4.69, 9.17) is 5.10 Å². The molecule has 2 atom stereocenters. The summed E-state index contributed by atoms with van der Waals surface area (Å²) in [6.07, 6.45) is 9.79. The molecular weight excluding hydrogens is 414 g/mol. The lowest BCUT2D eigenvalue weighted by Crippen LogP contribution is -2.49. The van der Waals surface area contributed by atoms with Crippen molar-refractivity contribution in [1.82, 2.24) is 25.3 Å². The van der Waals surface area contributed by atoms with Gasteiger partial charge in [-0.3, -0.25) is 4.68 Å². The fourth-order valence-electron chi connectivity index (χ4n) is 5.83. The summed E-state index contributed by atoms with van der Waals surface area (Å²) in [5.41, 5.74) is 4.39. The number of anilines is 2. The van der Waals surface area contributed by atoms with Gasteiger partial charge in [-0.15, -0.1) is 10.2 Å². The molecule has 3 aromatic rings. The summed E-state index contributed by atoms with van der Waals surface area (Å²) in [6.45, 7) is 2.00. The van der Waals surface area contributed by atoms with E-state index >= 15 is 0 Å². The third-order valence-electron chi connectivity index (χ3n) is 7.53. The zero-order valence-corrected chi connectivity index (χ0v) is 19.3. The van der Waals surface area contributed by atoms with Crippen molar-refractivity contribution in [2.75, 3.05) is 29.9 Å². The Bertz CT molecular complexity index is 1160. The van der Waals surface area contributed by atoms with Crippen LogP contribution in [0.1, 0.15) is 32.1 Å². The van der Waals surface area contributed by atoms with Crippen LogP contribution in [0.3, 0.4) is 0 Å². The number of fused-ring (bicyclic) bond motifs is 3. The monoisotopic (exact) mass is 445 g/mol. The minimum atomic E-state index is 0.202. The van der Waals surface area contributed by atoms with Gasteiger partial charge in [0.15, 0.2) is 5.82 Å². The van der Waals surface area contributed by atoms with E-state index in [2.05, 4.69) is 38.4 Å². The Balaban J connectivity index is 1.34. The maximum Gasteiger partial charge on any atom is 0.175 e. The molecule has 33 heavy (non-hydrogen) atoms. The predicted octanol–water partition coefficient (Wildman–Crippen LogP) is 3.18. The van der Waals surface area contributed by atoms with Crippen molar-refractivity contribution in [3.8, 4) is 28.1 Å². The van der Waals surface area contributed by atoms with Crippen LogP contribution in [-0.2, 0) is 7.05 Å². The Labute approximate surface area is 194 Å². The van der Waals surface area contributed by atoms with Gasteiger partial charge in [0.2, 0.25) is 0 Å². The van der Waals surface area contributed by atoms with Gasteiger partial charge in [-0.1, -0.05) is 6.07 Å². The van der Waals surface area contributed by atoms with E-state index in [1.54, 1.807) is 16.9 Å². The molecule has 172 valence electrons. The minimum absolute atomic E-state index is 0.202. The number of hydrogen-bond acceptors (Lipinski definition) is 7. The summed E-state index contributed by atoms with van der Waals surface area (Å²) >= 11 is 0. The van der Waals surface area contributed by atoms with Crippen molar-refractivity contribution in [3.63, 3.8) is 0 Å². The molecule has 0 aliphatic carbocycles. The molecule has 2 bridgehead atoms. The summed E-state index contributed by atoms with van der Waals surface area (Å²) in [5.74, 6) is 1.19. The van der Waals surface area contributed by atoms with Gasteiger partial charge in [-0.25, -0.2) is 0 Å². The van der Waals surface area contributed by atoms with Crippen LogP contribution in [0.25, 0.3) is 22.4 Å². The van der Waals surface area contributed by atoms with E-state index in [9.17, 15) is 5.11 Å². The standard InChI is InChI=1S/C25H31N7O/c1-30-8-3-9-32(20-11-18-5-6-19(12-20)27-18)25-23(30)13-22(28-29-25)21-7-4-16(10-24(21)33)17-14-26-31(2)15-17/h4,7,10,13-15,18-20,27,33H,3,5-6,8-9,11-12H2,1-2H3. The van der Waals surface area contributed by atoms with Gasteiger partial charge in [-0.05, 0) is 55.9 Å². The topological polar surface area (TPSA) is 82.3 Å². The largest absolute Gasteiger partial charge is 0.507 e. The van der Waals surface area contributed by atoms with Crippen molar-refractivity contribution >= 4 is 11.5 Å². The zero-order valence-electron chi connectivity index (χ0n) is 19.3. The van der Waals surface area contributed by atoms with Crippen LogP contribution in [0.5, 0.6) is 5.75 Å². The Hall–Kier alpha value is -3.13. The zero-order chi connectivity index (χ0) is 22.5. The highest BCUT2D eigenvalue weighted by Crippen LogP contribution is 2.39. The van der Waals surface area contributed by atoms with Gasteiger partial charge in [0.05, 0.1) is 17.6 Å². The number of piperidine rings is 1. The average Bonchev–Trinajstić information content (AvgIpc) is 3.35. The van der Waals surface area contributed by atoms with Gasteiger partial charge in [0, 0.05) is 62.6 Å². The van der Waals surface area contributed by atoms with E-state index in [0.29, 0.717) is 29.4 Å². The van der Waals surface area contributed by atoms with Gasteiger partial charge in [0.25, 0.3) is 0 Å². The highest BCUT2D eigenvalue weighted by atomic mass is 16.3. The molecule has 2 unspecified atom stereocenters. The first-order valence-electron chi connectivity index (χ1n) is 12.0. The van der Waals surface area contributed by atoms with Gasteiger partial charge in [0.1, 0.15) is 5.75 Å². The number of benzene rings is 1. The molecule has 5 heterocycles. The van der Waals surface area contributed by atoms with Crippen LogP contribution >= 0.6 is 0 Å². The summed E-state index contributed by atoms with van der Waals surface area (Å²) in [4.78, 5) is 4.79. The lowest BCUT2D eigenvalue weighted by molar-refractivity contribution is 0.346. The number of rotatable bonds is 3. The first kappa shape index (κ1) is 20.5. The molecule has 0 spiro atoms. The SMILES string of the molecule is CN1CCCN(C2CC3CCC(C2)N3)c2nnc(-c3ccc(-c4cnn(C)c4)cc3O)cc21. The van der Waals surface area contributed by atoms with E-state index in [1.807, 2.05) is 25.4 Å². The maximum absolute atomic E-state index is 10.8. The molecule has 0 radical (unpaired) electrons. The molecule has 2 saturated heterocycles. The van der Waals surface area contributed by atoms with Gasteiger partial charge >= 0.3 is 0 Å². The number of phenolic OH excluding ortho intramolecular Hbond substituents is 1. The smallest absolute Gasteiger partial charge is 0.175 e. The van der Waals surface area contributed by atoms with Crippen LogP contribution in [0.15, 0.2) is 36.7 Å². The molecule has 2 fully saturated rings. The molecule has 0 saturated carbocycles. The predicted molar refractivity (Wildman–Crippen MR) is 130 cm³/mol. The third kappa shape index (κ3) is 3.72. The highest BCUT2D eigenvalue weighted by Gasteiger charge is 2.38. The van der Waals surface area contributed by atoms with E-state index in [0.717, 1.165) is 42.1 Å². The number of aryl methyl sites for hydroxylation is 1. The Morgan fingerprint density at radius 2 is 1.82 bits per heavy atom. The molecule has 2 N–H and O–H groups in total.